The Morgan fingerprint density at radius 2 is 1.68 bits per heavy atom. The van der Waals surface area contributed by atoms with Gasteiger partial charge in [0.05, 0.1) is 5.52 Å². The van der Waals surface area contributed by atoms with Crippen LogP contribution in [0.2, 0.25) is 19.6 Å². The molecule has 0 atom stereocenters. The lowest BCUT2D eigenvalue weighted by molar-refractivity contribution is 1.41. The zero-order chi connectivity index (χ0) is 15.6. The van der Waals surface area contributed by atoms with Crippen molar-refractivity contribution in [1.29, 1.82) is 0 Å². The summed E-state index contributed by atoms with van der Waals surface area (Å²) in [6.07, 6.45) is 1.83. The topological polar surface area (TPSA) is 12.9 Å². The molecular weight excluding hydrogens is 282 g/mol. The summed E-state index contributed by atoms with van der Waals surface area (Å²) in [6, 6.07) is 18.9. The van der Waals surface area contributed by atoms with Crippen molar-refractivity contribution in [1.82, 2.24) is 4.98 Å². The van der Waals surface area contributed by atoms with Crippen molar-refractivity contribution in [3.63, 3.8) is 0 Å². The number of fused-ring (bicyclic) bond motifs is 1. The number of nitrogens with zero attached hydrogens (tertiary/aromatic N) is 1. The van der Waals surface area contributed by atoms with Crippen LogP contribution in [0.3, 0.4) is 0 Å². The molecule has 22 heavy (non-hydrogen) atoms. The highest BCUT2D eigenvalue weighted by molar-refractivity contribution is 6.83. The molecule has 1 aromatic heterocycles. The van der Waals surface area contributed by atoms with Crippen LogP contribution in [-0.4, -0.2) is 13.1 Å². The lowest BCUT2D eigenvalue weighted by Gasteiger charge is -2.06. The Kier molecular flexibility index (Phi) is 3.83. The van der Waals surface area contributed by atoms with Crippen molar-refractivity contribution in [3.8, 4) is 22.6 Å². The lowest BCUT2D eigenvalue weighted by Crippen LogP contribution is -2.16. The van der Waals surface area contributed by atoms with Gasteiger partial charge in [0, 0.05) is 17.1 Å². The SMILES string of the molecule is C[Si](C)(C)C#Cc1cccc(-c2ccc3ncccc3c2)c1. The van der Waals surface area contributed by atoms with E-state index in [2.05, 4.69) is 84.6 Å². The molecular formula is C20H19NSi. The van der Waals surface area contributed by atoms with Crippen LogP contribution >= 0.6 is 0 Å². The molecule has 0 saturated carbocycles. The molecule has 0 N–H and O–H groups in total. The normalized spacial score (nSPS) is 11.0. The van der Waals surface area contributed by atoms with Crippen LogP contribution in [0.15, 0.2) is 60.8 Å². The quantitative estimate of drug-likeness (QED) is 0.448. The van der Waals surface area contributed by atoms with Gasteiger partial charge in [-0.25, -0.2) is 0 Å². The number of aromatic nitrogens is 1. The Balaban J connectivity index is 2.01. The van der Waals surface area contributed by atoms with E-state index in [9.17, 15) is 0 Å². The van der Waals surface area contributed by atoms with Crippen LogP contribution in [-0.2, 0) is 0 Å². The molecule has 0 bridgehead atoms. The summed E-state index contributed by atoms with van der Waals surface area (Å²) in [7, 11) is -1.34. The van der Waals surface area contributed by atoms with E-state index in [1.54, 1.807) is 0 Å². The fourth-order valence-electron chi connectivity index (χ4n) is 2.29. The maximum Gasteiger partial charge on any atom is 0.129 e. The van der Waals surface area contributed by atoms with Gasteiger partial charge in [0.1, 0.15) is 8.07 Å². The number of benzene rings is 2. The van der Waals surface area contributed by atoms with Gasteiger partial charge in [0.2, 0.25) is 0 Å². The van der Waals surface area contributed by atoms with Crippen molar-refractivity contribution in [2.45, 2.75) is 19.6 Å². The maximum absolute atomic E-state index is 4.37. The van der Waals surface area contributed by atoms with E-state index < -0.39 is 8.07 Å². The van der Waals surface area contributed by atoms with Crippen molar-refractivity contribution < 1.29 is 0 Å². The van der Waals surface area contributed by atoms with Crippen molar-refractivity contribution in [2.75, 3.05) is 0 Å². The van der Waals surface area contributed by atoms with Crippen LogP contribution < -0.4 is 0 Å². The standard InChI is InChI=1S/C20H19NSi/c1-22(2,3)13-11-16-6-4-7-17(14-16)18-9-10-20-19(15-18)8-5-12-21-20/h4-10,12,14-15H,1-3H3. The van der Waals surface area contributed by atoms with Crippen LogP contribution in [0.1, 0.15) is 5.56 Å². The smallest absolute Gasteiger partial charge is 0.129 e. The second-order valence-electron chi connectivity index (χ2n) is 6.49. The molecule has 3 rings (SSSR count). The van der Waals surface area contributed by atoms with Gasteiger partial charge in [0.15, 0.2) is 0 Å². The summed E-state index contributed by atoms with van der Waals surface area (Å²) in [5.41, 5.74) is 7.95. The minimum atomic E-state index is -1.34. The highest BCUT2D eigenvalue weighted by Gasteiger charge is 2.07. The summed E-state index contributed by atoms with van der Waals surface area (Å²) >= 11 is 0. The molecule has 0 aliphatic heterocycles. The molecule has 2 heteroatoms. The van der Waals surface area contributed by atoms with E-state index in [0.29, 0.717) is 0 Å². The van der Waals surface area contributed by atoms with Crippen molar-refractivity contribution >= 4 is 19.0 Å². The number of hydrogen-bond donors (Lipinski definition) is 0. The first kappa shape index (κ1) is 14.6. The average molecular weight is 301 g/mol. The number of hydrogen-bond acceptors (Lipinski definition) is 1. The second kappa shape index (κ2) is 5.79. The molecule has 0 spiro atoms. The third-order valence-corrected chi connectivity index (χ3v) is 4.26. The highest BCUT2D eigenvalue weighted by Crippen LogP contribution is 2.24. The third kappa shape index (κ3) is 3.44. The first-order valence-corrected chi connectivity index (χ1v) is 11.0. The third-order valence-electron chi connectivity index (χ3n) is 3.38. The van der Waals surface area contributed by atoms with Gasteiger partial charge >= 0.3 is 0 Å². The predicted molar refractivity (Wildman–Crippen MR) is 97.4 cm³/mol. The van der Waals surface area contributed by atoms with Crippen LogP contribution in [0.5, 0.6) is 0 Å². The molecule has 0 amide bonds. The zero-order valence-electron chi connectivity index (χ0n) is 13.2. The van der Waals surface area contributed by atoms with Gasteiger partial charge in [0.25, 0.3) is 0 Å². The first-order chi connectivity index (χ1) is 10.5. The van der Waals surface area contributed by atoms with Gasteiger partial charge < -0.3 is 0 Å². The number of pyridine rings is 1. The fraction of sp³-hybridized carbons (Fsp3) is 0.150. The Morgan fingerprint density at radius 3 is 2.50 bits per heavy atom. The summed E-state index contributed by atoms with van der Waals surface area (Å²) in [6.45, 7) is 6.79. The van der Waals surface area contributed by atoms with E-state index >= 15 is 0 Å². The molecule has 0 saturated heterocycles. The van der Waals surface area contributed by atoms with Crippen LogP contribution in [0.4, 0.5) is 0 Å². The van der Waals surface area contributed by atoms with Gasteiger partial charge in [-0.15, -0.1) is 5.54 Å². The molecule has 0 unspecified atom stereocenters. The van der Waals surface area contributed by atoms with E-state index in [1.807, 2.05) is 12.3 Å². The van der Waals surface area contributed by atoms with E-state index in [1.165, 1.54) is 16.5 Å². The van der Waals surface area contributed by atoms with Gasteiger partial charge in [-0.3, -0.25) is 4.98 Å². The Bertz CT molecular complexity index is 879. The molecule has 0 radical (unpaired) electrons. The van der Waals surface area contributed by atoms with Crippen LogP contribution in [0.25, 0.3) is 22.0 Å². The molecule has 3 aromatic rings. The summed E-state index contributed by atoms with van der Waals surface area (Å²) in [5.74, 6) is 3.33. The zero-order valence-corrected chi connectivity index (χ0v) is 14.2. The Hall–Kier alpha value is -2.37. The second-order valence-corrected chi connectivity index (χ2v) is 11.2. The Labute approximate surface area is 133 Å². The van der Waals surface area contributed by atoms with Crippen molar-refractivity contribution in [3.05, 3.63) is 66.4 Å². The summed E-state index contributed by atoms with van der Waals surface area (Å²) in [4.78, 5) is 4.37. The van der Waals surface area contributed by atoms with Gasteiger partial charge in [-0.1, -0.05) is 49.8 Å². The molecule has 0 fully saturated rings. The molecule has 2 aromatic carbocycles. The maximum atomic E-state index is 4.37. The lowest BCUT2D eigenvalue weighted by atomic mass is 10.0. The largest absolute Gasteiger partial charge is 0.256 e. The first-order valence-electron chi connectivity index (χ1n) is 7.50. The van der Waals surface area contributed by atoms with Gasteiger partial charge in [-0.2, -0.15) is 0 Å². The summed E-state index contributed by atoms with van der Waals surface area (Å²) < 4.78 is 0. The highest BCUT2D eigenvalue weighted by atomic mass is 28.3. The predicted octanol–water partition coefficient (Wildman–Crippen LogP) is 5.13. The van der Waals surface area contributed by atoms with E-state index in [0.717, 1.165) is 11.1 Å². The Morgan fingerprint density at radius 1 is 0.864 bits per heavy atom. The fourth-order valence-corrected chi connectivity index (χ4v) is 2.81. The molecule has 0 aliphatic rings. The average Bonchev–Trinajstić information content (AvgIpc) is 2.52. The summed E-state index contributed by atoms with van der Waals surface area (Å²) in [5, 5.41) is 1.17. The number of rotatable bonds is 1. The van der Waals surface area contributed by atoms with Gasteiger partial charge in [-0.05, 0) is 41.5 Å². The molecule has 1 heterocycles. The van der Waals surface area contributed by atoms with Crippen molar-refractivity contribution in [2.24, 2.45) is 0 Å². The molecule has 0 aliphatic carbocycles. The molecule has 1 nitrogen and oxygen atoms in total. The minimum absolute atomic E-state index is 1.03. The monoisotopic (exact) mass is 301 g/mol. The van der Waals surface area contributed by atoms with Crippen LogP contribution in [0, 0.1) is 11.5 Å². The van der Waals surface area contributed by atoms with E-state index in [4.69, 9.17) is 0 Å². The molecule has 108 valence electrons. The van der Waals surface area contributed by atoms with E-state index in [-0.39, 0.29) is 0 Å². The minimum Gasteiger partial charge on any atom is -0.256 e.